The lowest BCUT2D eigenvalue weighted by molar-refractivity contribution is -0.144. The molecule has 0 atom stereocenters. The van der Waals surface area contributed by atoms with E-state index in [1.54, 1.807) is 13.2 Å². The molecule has 1 heterocycles. The minimum Gasteiger partial charge on any atom is -0.496 e. The summed E-state index contributed by atoms with van der Waals surface area (Å²) in [4.78, 5) is 34.0. The molecule has 7 heteroatoms. The summed E-state index contributed by atoms with van der Waals surface area (Å²) in [6, 6.07) is 5.49. The molecule has 0 spiro atoms. The Balaban J connectivity index is 1.93. The first-order valence-electron chi connectivity index (χ1n) is 6.46. The third kappa shape index (κ3) is 3.94. The maximum Gasteiger partial charge on any atom is 0.310 e. The highest BCUT2D eigenvalue weighted by molar-refractivity contribution is 9.08. The van der Waals surface area contributed by atoms with Crippen molar-refractivity contribution in [1.82, 2.24) is 5.32 Å². The number of rotatable bonds is 6. The van der Waals surface area contributed by atoms with Gasteiger partial charge in [-0.25, -0.2) is 0 Å². The highest BCUT2D eigenvalue weighted by Gasteiger charge is 2.23. The number of hydrogen-bond donors (Lipinski definition) is 1. The van der Waals surface area contributed by atoms with Gasteiger partial charge in [-0.15, -0.1) is 0 Å². The van der Waals surface area contributed by atoms with Crippen LogP contribution in [0.25, 0.3) is 0 Å². The fourth-order valence-electron chi connectivity index (χ4n) is 1.94. The van der Waals surface area contributed by atoms with Crippen molar-refractivity contribution in [3.63, 3.8) is 0 Å². The van der Waals surface area contributed by atoms with Gasteiger partial charge >= 0.3 is 5.97 Å². The number of esters is 1. The molecule has 0 fully saturated rings. The molecular weight excluding hydrogens is 354 g/mol. The number of carbonyl (C=O) groups excluding carboxylic acids is 3. The average molecular weight is 368 g/mol. The Morgan fingerprint density at radius 2 is 2.09 bits per heavy atom. The van der Waals surface area contributed by atoms with E-state index < -0.39 is 17.8 Å². The van der Waals surface area contributed by atoms with Crippen molar-refractivity contribution < 1.29 is 23.9 Å². The molecule has 1 N–H and O–H groups in total. The Bertz CT molecular complexity index is 653. The van der Waals surface area contributed by atoms with Crippen LogP contribution >= 0.6 is 15.9 Å². The zero-order valence-electron chi connectivity index (χ0n) is 11.8. The second-order valence-electron chi connectivity index (χ2n) is 4.61. The first-order chi connectivity index (χ1) is 10.5. The van der Waals surface area contributed by atoms with Gasteiger partial charge in [0.1, 0.15) is 12.4 Å². The summed E-state index contributed by atoms with van der Waals surface area (Å²) >= 11 is 3.36. The average Bonchev–Trinajstić information content (AvgIpc) is 2.82. The molecule has 1 aliphatic heterocycles. The maximum absolute atomic E-state index is 11.7. The van der Waals surface area contributed by atoms with Crippen LogP contribution in [0.2, 0.25) is 0 Å². The summed E-state index contributed by atoms with van der Waals surface area (Å²) in [6.45, 7) is 0.0700. The van der Waals surface area contributed by atoms with Crippen LogP contribution in [-0.2, 0) is 31.1 Å². The summed E-state index contributed by atoms with van der Waals surface area (Å²) in [5.41, 5.74) is 1.88. The normalized spacial score (nSPS) is 13.6. The molecule has 1 aromatic carbocycles. The van der Waals surface area contributed by atoms with Crippen molar-refractivity contribution in [1.29, 1.82) is 0 Å². The molecule has 2 rings (SSSR count). The largest absolute Gasteiger partial charge is 0.496 e. The predicted molar refractivity (Wildman–Crippen MR) is 81.3 cm³/mol. The molecule has 22 heavy (non-hydrogen) atoms. The van der Waals surface area contributed by atoms with E-state index in [4.69, 9.17) is 9.47 Å². The van der Waals surface area contributed by atoms with E-state index in [0.29, 0.717) is 11.1 Å². The molecule has 1 aliphatic rings. The van der Waals surface area contributed by atoms with Gasteiger partial charge in [-0.05, 0) is 11.6 Å². The van der Waals surface area contributed by atoms with E-state index in [2.05, 4.69) is 21.2 Å². The second-order valence-corrected chi connectivity index (χ2v) is 5.17. The summed E-state index contributed by atoms with van der Waals surface area (Å²) in [7, 11) is 1.57. The highest BCUT2D eigenvalue weighted by atomic mass is 79.9. The Morgan fingerprint density at radius 1 is 1.32 bits per heavy atom. The molecule has 0 saturated carbocycles. The molecule has 0 radical (unpaired) electrons. The fraction of sp³-hybridized carbons (Fsp3) is 0.267. The minimum atomic E-state index is -0.570. The van der Waals surface area contributed by atoms with E-state index >= 15 is 0 Å². The van der Waals surface area contributed by atoms with Crippen LogP contribution < -0.4 is 10.1 Å². The molecule has 0 saturated heterocycles. The third-order valence-corrected chi connectivity index (χ3v) is 3.67. The first-order valence-corrected chi connectivity index (χ1v) is 7.59. The molecular formula is C15H14BrNO5. The molecule has 0 aromatic heterocycles. The van der Waals surface area contributed by atoms with Crippen molar-refractivity contribution in [3.05, 3.63) is 41.0 Å². The van der Waals surface area contributed by atoms with Crippen LogP contribution in [0.1, 0.15) is 17.5 Å². The number of ether oxygens (including phenoxy) is 2. The van der Waals surface area contributed by atoms with Crippen LogP contribution in [0.5, 0.6) is 5.75 Å². The highest BCUT2D eigenvalue weighted by Crippen LogP contribution is 2.23. The van der Waals surface area contributed by atoms with Gasteiger partial charge in [0.25, 0.3) is 11.8 Å². The van der Waals surface area contributed by atoms with Gasteiger partial charge in [0.05, 0.1) is 13.5 Å². The van der Waals surface area contributed by atoms with Gasteiger partial charge in [0, 0.05) is 22.5 Å². The van der Waals surface area contributed by atoms with E-state index in [-0.39, 0.29) is 18.6 Å². The lowest BCUT2D eigenvalue weighted by atomic mass is 10.1. The van der Waals surface area contributed by atoms with Gasteiger partial charge in [0.15, 0.2) is 0 Å². The number of nitrogens with one attached hydrogen (secondary N) is 1. The van der Waals surface area contributed by atoms with Gasteiger partial charge in [-0.2, -0.15) is 0 Å². The monoisotopic (exact) mass is 367 g/mol. The molecule has 2 amide bonds. The molecule has 0 unspecified atom stereocenters. The van der Waals surface area contributed by atoms with Gasteiger partial charge in [-0.1, -0.05) is 28.1 Å². The van der Waals surface area contributed by atoms with E-state index in [9.17, 15) is 14.4 Å². The van der Waals surface area contributed by atoms with Crippen LogP contribution in [0, 0.1) is 0 Å². The van der Waals surface area contributed by atoms with E-state index in [1.165, 1.54) is 0 Å². The Morgan fingerprint density at radius 3 is 2.68 bits per heavy atom. The zero-order chi connectivity index (χ0) is 16.1. The number of methoxy groups -OCH3 is 1. The molecule has 1 aromatic rings. The fourth-order valence-corrected chi connectivity index (χ4v) is 2.41. The van der Waals surface area contributed by atoms with Crippen molar-refractivity contribution in [2.24, 2.45) is 0 Å². The maximum atomic E-state index is 11.7. The second kappa shape index (κ2) is 7.22. The lowest BCUT2D eigenvalue weighted by Crippen LogP contribution is -2.23. The van der Waals surface area contributed by atoms with Gasteiger partial charge in [0.2, 0.25) is 0 Å². The topological polar surface area (TPSA) is 81.7 Å². The number of carbonyl (C=O) groups is 3. The quantitative estimate of drug-likeness (QED) is 0.469. The summed E-state index contributed by atoms with van der Waals surface area (Å²) in [5.74, 6) is -0.929. The number of halogens is 1. The zero-order valence-corrected chi connectivity index (χ0v) is 13.4. The number of imide groups is 1. The van der Waals surface area contributed by atoms with E-state index in [0.717, 1.165) is 17.2 Å². The third-order valence-electron chi connectivity index (χ3n) is 3.06. The Labute approximate surface area is 135 Å². The number of benzene rings is 1. The van der Waals surface area contributed by atoms with Gasteiger partial charge < -0.3 is 9.47 Å². The van der Waals surface area contributed by atoms with Crippen molar-refractivity contribution >= 4 is 33.7 Å². The Hall–Kier alpha value is -2.15. The SMILES string of the molecule is COc1cc(COC(=O)CC2=CC(=O)NC2=O)ccc1CBr. The number of amides is 2. The van der Waals surface area contributed by atoms with Crippen LogP contribution in [0.4, 0.5) is 0 Å². The van der Waals surface area contributed by atoms with Crippen molar-refractivity contribution in [3.8, 4) is 5.75 Å². The molecule has 116 valence electrons. The standard InChI is InChI=1S/C15H14BrNO5/c1-21-12-4-9(2-3-10(12)7-16)8-22-14(19)6-11-5-13(18)17-15(11)20/h2-5H,6-8H2,1H3,(H,17,18,20). The van der Waals surface area contributed by atoms with Crippen LogP contribution in [-0.4, -0.2) is 24.9 Å². The molecule has 0 aliphatic carbocycles. The van der Waals surface area contributed by atoms with Gasteiger partial charge in [-0.3, -0.25) is 19.7 Å². The Kier molecular flexibility index (Phi) is 5.32. The smallest absolute Gasteiger partial charge is 0.310 e. The summed E-state index contributed by atoms with van der Waals surface area (Å²) in [6.07, 6.45) is 0.881. The number of hydrogen-bond acceptors (Lipinski definition) is 5. The van der Waals surface area contributed by atoms with Crippen LogP contribution in [0.15, 0.2) is 29.8 Å². The lowest BCUT2D eigenvalue weighted by Gasteiger charge is -2.09. The molecule has 6 nitrogen and oxygen atoms in total. The predicted octanol–water partition coefficient (Wildman–Crippen LogP) is 1.61. The first kappa shape index (κ1) is 16.2. The summed E-state index contributed by atoms with van der Waals surface area (Å²) in [5, 5.41) is 2.73. The molecule has 0 bridgehead atoms. The van der Waals surface area contributed by atoms with Crippen LogP contribution in [0.3, 0.4) is 0 Å². The van der Waals surface area contributed by atoms with E-state index in [1.807, 2.05) is 12.1 Å². The minimum absolute atomic E-state index is 0.0700. The number of alkyl halides is 1. The van der Waals surface area contributed by atoms with Crippen molar-refractivity contribution in [2.45, 2.75) is 18.4 Å². The van der Waals surface area contributed by atoms with Crippen molar-refractivity contribution in [2.75, 3.05) is 7.11 Å². The summed E-state index contributed by atoms with van der Waals surface area (Å²) < 4.78 is 10.4.